The van der Waals surface area contributed by atoms with Crippen molar-refractivity contribution >= 4 is 11.9 Å². The molecule has 8 nitrogen and oxygen atoms in total. The van der Waals surface area contributed by atoms with Crippen LogP contribution in [-0.2, 0) is 14.3 Å². The number of amides is 1. The molecular weight excluding hydrogens is 424 g/mol. The number of ether oxygens (including phenoxy) is 2. The highest BCUT2D eigenvalue weighted by Gasteiger charge is 2.67. The van der Waals surface area contributed by atoms with Crippen LogP contribution in [0.5, 0.6) is 0 Å². The molecule has 0 aromatic carbocycles. The molecule has 8 heteroatoms. The summed E-state index contributed by atoms with van der Waals surface area (Å²) in [5, 5.41) is 12.1. The van der Waals surface area contributed by atoms with Crippen molar-refractivity contribution in [1.82, 2.24) is 9.80 Å². The molecule has 1 aromatic rings. The van der Waals surface area contributed by atoms with Gasteiger partial charge in [0.05, 0.1) is 23.4 Å². The summed E-state index contributed by atoms with van der Waals surface area (Å²) in [7, 11) is 1.69. The molecule has 1 N–H and O–H groups in total. The molecule has 33 heavy (non-hydrogen) atoms. The molecule has 2 aliphatic carbocycles. The predicted molar refractivity (Wildman–Crippen MR) is 119 cm³/mol. The van der Waals surface area contributed by atoms with Crippen molar-refractivity contribution < 1.29 is 28.6 Å². The molecule has 5 rings (SSSR count). The summed E-state index contributed by atoms with van der Waals surface area (Å²) in [4.78, 5) is 29.5. The summed E-state index contributed by atoms with van der Waals surface area (Å²) in [6.45, 7) is 7.34. The highest BCUT2D eigenvalue weighted by Crippen LogP contribution is 2.61. The average molecular weight is 461 g/mol. The van der Waals surface area contributed by atoms with Crippen LogP contribution in [0.1, 0.15) is 56.5 Å². The van der Waals surface area contributed by atoms with E-state index in [0.717, 1.165) is 19.3 Å². The number of piperazine rings is 1. The average Bonchev–Trinajstić information content (AvgIpc) is 3.42. The van der Waals surface area contributed by atoms with Gasteiger partial charge in [0.2, 0.25) is 0 Å². The lowest BCUT2D eigenvalue weighted by Gasteiger charge is -2.62. The Morgan fingerprint density at radius 1 is 1.21 bits per heavy atom. The minimum atomic E-state index is -0.992. The van der Waals surface area contributed by atoms with E-state index in [2.05, 4.69) is 11.8 Å². The van der Waals surface area contributed by atoms with Crippen LogP contribution in [0.25, 0.3) is 0 Å². The predicted octanol–water partition coefficient (Wildman–Crippen LogP) is 2.32. The van der Waals surface area contributed by atoms with Gasteiger partial charge in [0.15, 0.2) is 5.76 Å². The van der Waals surface area contributed by atoms with Gasteiger partial charge >= 0.3 is 5.97 Å². The monoisotopic (exact) mass is 460 g/mol. The first kappa shape index (κ1) is 22.9. The van der Waals surface area contributed by atoms with Gasteiger partial charge < -0.3 is 23.9 Å². The van der Waals surface area contributed by atoms with Gasteiger partial charge in [-0.25, -0.2) is 0 Å². The molecule has 6 atom stereocenters. The zero-order valence-electron chi connectivity index (χ0n) is 19.9. The van der Waals surface area contributed by atoms with Crippen molar-refractivity contribution in [2.75, 3.05) is 39.8 Å². The number of aliphatic hydroxyl groups is 1. The number of hydrogen-bond acceptors (Lipinski definition) is 7. The quantitative estimate of drug-likeness (QED) is 0.690. The summed E-state index contributed by atoms with van der Waals surface area (Å²) in [6, 6.07) is 3.40. The van der Waals surface area contributed by atoms with E-state index < -0.39 is 11.2 Å². The second-order valence-corrected chi connectivity index (χ2v) is 10.9. The van der Waals surface area contributed by atoms with Gasteiger partial charge in [-0.15, -0.1) is 0 Å². The molecule has 1 amide bonds. The lowest BCUT2D eigenvalue weighted by atomic mass is 9.49. The normalized spacial score (nSPS) is 41.4. The fourth-order valence-corrected chi connectivity index (χ4v) is 7.06. The third kappa shape index (κ3) is 3.53. The van der Waals surface area contributed by atoms with Crippen LogP contribution in [0.2, 0.25) is 0 Å². The van der Waals surface area contributed by atoms with Crippen molar-refractivity contribution in [3.63, 3.8) is 0 Å². The SMILES string of the molecule is CO[C@]1(C)CCC[C@]2(C)C[C@H]3OC(=O)[C@H](CN4CCN(C(=O)c5ccco5)CC4)[C@H]3C[C@@]21O. The van der Waals surface area contributed by atoms with E-state index in [4.69, 9.17) is 13.9 Å². The number of methoxy groups -OCH3 is 1. The molecule has 0 spiro atoms. The molecule has 182 valence electrons. The van der Waals surface area contributed by atoms with Crippen molar-refractivity contribution in [2.45, 2.75) is 63.3 Å². The Morgan fingerprint density at radius 3 is 2.64 bits per heavy atom. The van der Waals surface area contributed by atoms with Crippen molar-refractivity contribution in [3.05, 3.63) is 24.2 Å². The molecule has 1 aromatic heterocycles. The summed E-state index contributed by atoms with van der Waals surface area (Å²) in [5.41, 5.74) is -1.95. The Morgan fingerprint density at radius 2 is 1.97 bits per heavy atom. The fourth-order valence-electron chi connectivity index (χ4n) is 7.06. The fraction of sp³-hybridized carbons (Fsp3) is 0.760. The van der Waals surface area contributed by atoms with Gasteiger partial charge in [-0.05, 0) is 51.2 Å². The maximum Gasteiger partial charge on any atom is 0.310 e. The van der Waals surface area contributed by atoms with Gasteiger partial charge in [-0.3, -0.25) is 14.5 Å². The van der Waals surface area contributed by atoms with Gasteiger partial charge in [0.25, 0.3) is 5.91 Å². The van der Waals surface area contributed by atoms with Gasteiger partial charge in [-0.1, -0.05) is 6.92 Å². The first-order valence-corrected chi connectivity index (χ1v) is 12.2. The molecule has 2 saturated heterocycles. The largest absolute Gasteiger partial charge is 0.462 e. The Kier molecular flexibility index (Phi) is 5.61. The van der Waals surface area contributed by atoms with E-state index in [1.807, 2.05) is 6.92 Å². The lowest BCUT2D eigenvalue weighted by Crippen LogP contribution is -2.69. The van der Waals surface area contributed by atoms with Crippen LogP contribution in [0.4, 0.5) is 0 Å². The van der Waals surface area contributed by atoms with Crippen LogP contribution in [0.15, 0.2) is 22.8 Å². The number of esters is 1. The van der Waals surface area contributed by atoms with Gasteiger partial charge in [0, 0.05) is 51.2 Å². The number of carbonyl (C=O) groups excluding carboxylic acids is 2. The molecule has 2 saturated carbocycles. The Labute approximate surface area is 195 Å². The topological polar surface area (TPSA) is 92.5 Å². The maximum atomic E-state index is 12.9. The van der Waals surface area contributed by atoms with E-state index in [-0.39, 0.29) is 35.2 Å². The smallest absolute Gasteiger partial charge is 0.310 e. The second-order valence-electron chi connectivity index (χ2n) is 10.9. The van der Waals surface area contributed by atoms with Crippen LogP contribution in [0.3, 0.4) is 0 Å². The number of furan rings is 1. The van der Waals surface area contributed by atoms with Crippen molar-refractivity contribution in [3.8, 4) is 0 Å². The molecule has 4 aliphatic rings. The van der Waals surface area contributed by atoms with Gasteiger partial charge in [-0.2, -0.15) is 0 Å². The van der Waals surface area contributed by atoms with Crippen molar-refractivity contribution in [2.24, 2.45) is 17.3 Å². The Balaban J connectivity index is 1.27. The lowest BCUT2D eigenvalue weighted by molar-refractivity contribution is -0.270. The Bertz CT molecular complexity index is 897. The summed E-state index contributed by atoms with van der Waals surface area (Å²) < 4.78 is 17.0. The molecule has 2 aliphatic heterocycles. The van der Waals surface area contributed by atoms with Crippen LogP contribution < -0.4 is 0 Å². The number of fused-ring (bicyclic) bond motifs is 2. The van der Waals surface area contributed by atoms with E-state index in [0.29, 0.717) is 51.3 Å². The molecule has 4 fully saturated rings. The standard InChI is InChI=1S/C25H36N2O6/c1-23-7-5-8-24(2,31-3)25(23,30)14-17-18(22(29)33-20(17)15-23)16-26-9-11-27(12-10-26)21(28)19-6-4-13-32-19/h4,6,13,17-18,20,30H,5,7-12,14-16H2,1-3H3/t17-,18-,20-,23-,24-,25-/m1/s1. The number of rotatable bonds is 4. The number of carbonyl (C=O) groups is 2. The third-order valence-electron chi connectivity index (χ3n) is 9.30. The number of hydrogen-bond donors (Lipinski definition) is 1. The molecular formula is C25H36N2O6. The maximum absolute atomic E-state index is 12.9. The van der Waals surface area contributed by atoms with E-state index in [1.54, 1.807) is 24.1 Å². The summed E-state index contributed by atoms with van der Waals surface area (Å²) >= 11 is 0. The zero-order chi connectivity index (χ0) is 23.4. The van der Waals surface area contributed by atoms with E-state index in [9.17, 15) is 14.7 Å². The molecule has 0 bridgehead atoms. The highest BCUT2D eigenvalue weighted by atomic mass is 16.6. The minimum Gasteiger partial charge on any atom is -0.462 e. The molecule has 0 radical (unpaired) electrons. The minimum absolute atomic E-state index is 0.0223. The first-order valence-electron chi connectivity index (χ1n) is 12.2. The third-order valence-corrected chi connectivity index (χ3v) is 9.30. The van der Waals surface area contributed by atoms with Crippen LogP contribution in [-0.4, -0.2) is 83.9 Å². The van der Waals surface area contributed by atoms with Gasteiger partial charge in [0.1, 0.15) is 6.10 Å². The Hall–Kier alpha value is -1.90. The summed E-state index contributed by atoms with van der Waals surface area (Å²) in [5.74, 6) is -0.170. The molecule has 3 heterocycles. The van der Waals surface area contributed by atoms with Crippen molar-refractivity contribution in [1.29, 1.82) is 0 Å². The van der Waals surface area contributed by atoms with Crippen LogP contribution in [0, 0.1) is 17.3 Å². The first-order chi connectivity index (χ1) is 15.7. The zero-order valence-corrected chi connectivity index (χ0v) is 19.9. The van der Waals surface area contributed by atoms with E-state index >= 15 is 0 Å². The molecule has 0 unspecified atom stereocenters. The van der Waals surface area contributed by atoms with E-state index in [1.165, 1.54) is 6.26 Å². The number of nitrogens with zero attached hydrogens (tertiary/aromatic N) is 2. The second kappa shape index (κ2) is 8.10. The summed E-state index contributed by atoms with van der Waals surface area (Å²) in [6.07, 6.45) is 5.30. The highest BCUT2D eigenvalue weighted by molar-refractivity contribution is 5.91. The van der Waals surface area contributed by atoms with Crippen LogP contribution >= 0.6 is 0 Å².